The first-order valence-electron chi connectivity index (χ1n) is 11.0. The van der Waals surface area contributed by atoms with Crippen molar-refractivity contribution in [3.8, 4) is 11.5 Å². The van der Waals surface area contributed by atoms with Crippen LogP contribution in [0.1, 0.15) is 43.9 Å². The maximum Gasteiger partial charge on any atom is 0.295 e. The van der Waals surface area contributed by atoms with Crippen LogP contribution in [0.5, 0.6) is 11.5 Å². The number of likely N-dealkylation sites (tertiary alicyclic amines) is 1. The van der Waals surface area contributed by atoms with E-state index in [9.17, 15) is 14.7 Å². The van der Waals surface area contributed by atoms with Crippen LogP contribution >= 0.6 is 11.6 Å². The molecule has 0 radical (unpaired) electrons. The average Bonchev–Trinajstić information content (AvgIpc) is 3.06. The summed E-state index contributed by atoms with van der Waals surface area (Å²) in [5.74, 6) is -0.765. The van der Waals surface area contributed by atoms with Gasteiger partial charge < -0.3 is 24.6 Å². The van der Waals surface area contributed by atoms with Crippen molar-refractivity contribution in [1.29, 1.82) is 0 Å². The van der Waals surface area contributed by atoms with Crippen molar-refractivity contribution in [2.24, 2.45) is 0 Å². The van der Waals surface area contributed by atoms with Gasteiger partial charge in [0.2, 0.25) is 0 Å². The Morgan fingerprint density at radius 2 is 1.85 bits per heavy atom. The summed E-state index contributed by atoms with van der Waals surface area (Å²) in [5, 5.41) is 20.4. The molecule has 0 spiro atoms. The summed E-state index contributed by atoms with van der Waals surface area (Å²) in [7, 11) is 0. The van der Waals surface area contributed by atoms with Crippen LogP contribution in [-0.4, -0.2) is 53.2 Å². The molecule has 1 fully saturated rings. The van der Waals surface area contributed by atoms with Gasteiger partial charge in [-0.25, -0.2) is 0 Å². The molecule has 0 aliphatic carbocycles. The maximum absolute atomic E-state index is 13.1. The predicted molar refractivity (Wildman–Crippen MR) is 126 cm³/mol. The average molecular weight is 474 g/mol. The van der Waals surface area contributed by atoms with Crippen LogP contribution in [0.4, 0.5) is 0 Å². The topological polar surface area (TPSA) is 96.3 Å². The highest BCUT2D eigenvalue weighted by atomic mass is 35.5. The summed E-state index contributed by atoms with van der Waals surface area (Å²) in [6.45, 7) is 4.85. The molecule has 1 amide bonds. The van der Waals surface area contributed by atoms with Gasteiger partial charge in [0.05, 0.1) is 29.9 Å². The molecule has 8 heteroatoms. The number of amides is 1. The zero-order valence-electron chi connectivity index (χ0n) is 18.7. The third kappa shape index (κ3) is 5.31. The number of aliphatic hydroxyl groups excluding tert-OH is 2. The first-order valence-corrected chi connectivity index (χ1v) is 11.3. The fraction of sp³-hybridized carbons (Fsp3) is 0.360. The maximum atomic E-state index is 13.1. The lowest BCUT2D eigenvalue weighted by Crippen LogP contribution is -2.30. The Labute approximate surface area is 198 Å². The number of benzene rings is 2. The summed E-state index contributed by atoms with van der Waals surface area (Å²) in [6, 6.07) is 11.1. The lowest BCUT2D eigenvalue weighted by Gasteiger charge is -2.25. The van der Waals surface area contributed by atoms with Gasteiger partial charge in [-0.2, -0.15) is 0 Å². The molecule has 2 aromatic carbocycles. The summed E-state index contributed by atoms with van der Waals surface area (Å²) < 4.78 is 11.2. The molecule has 3 rings (SSSR count). The molecule has 33 heavy (non-hydrogen) atoms. The Bertz CT molecular complexity index is 1050. The van der Waals surface area contributed by atoms with E-state index in [1.807, 2.05) is 13.8 Å². The van der Waals surface area contributed by atoms with Gasteiger partial charge in [0.1, 0.15) is 17.3 Å². The predicted octanol–water partition coefficient (Wildman–Crippen LogP) is 4.33. The van der Waals surface area contributed by atoms with E-state index in [-0.39, 0.29) is 28.5 Å². The van der Waals surface area contributed by atoms with Crippen LogP contribution < -0.4 is 9.47 Å². The number of aliphatic hydroxyl groups is 2. The third-order valence-corrected chi connectivity index (χ3v) is 5.58. The smallest absolute Gasteiger partial charge is 0.295 e. The van der Waals surface area contributed by atoms with Crippen molar-refractivity contribution in [2.45, 2.75) is 32.7 Å². The molecule has 0 aromatic heterocycles. The fourth-order valence-corrected chi connectivity index (χ4v) is 4.02. The largest absolute Gasteiger partial charge is 0.507 e. The molecular weight excluding hydrogens is 446 g/mol. The van der Waals surface area contributed by atoms with E-state index in [1.165, 1.54) is 4.90 Å². The number of halogens is 1. The number of carbonyl (C=O) groups is 2. The molecule has 0 bridgehead atoms. The first-order chi connectivity index (χ1) is 15.9. The second-order valence-electron chi connectivity index (χ2n) is 7.57. The number of hydrogen-bond acceptors (Lipinski definition) is 6. The molecule has 176 valence electrons. The van der Waals surface area contributed by atoms with Gasteiger partial charge in [0, 0.05) is 25.1 Å². The van der Waals surface area contributed by atoms with Crippen molar-refractivity contribution < 1.29 is 29.3 Å². The zero-order chi connectivity index (χ0) is 24.0. The van der Waals surface area contributed by atoms with Crippen molar-refractivity contribution in [3.05, 3.63) is 64.2 Å². The van der Waals surface area contributed by atoms with E-state index >= 15 is 0 Å². The number of rotatable bonds is 10. The SMILES string of the molecule is CCCN1C(=O)C(=O)/C(=C(/O)c2cc(OCC)ccc2Cl)C1c1cccc(OCCCO)c1. The van der Waals surface area contributed by atoms with Crippen LogP contribution in [0.3, 0.4) is 0 Å². The Hall–Kier alpha value is -3.03. The lowest BCUT2D eigenvalue weighted by atomic mass is 9.95. The van der Waals surface area contributed by atoms with Crippen LogP contribution in [0, 0.1) is 0 Å². The second-order valence-corrected chi connectivity index (χ2v) is 7.97. The highest BCUT2D eigenvalue weighted by Crippen LogP contribution is 2.41. The minimum absolute atomic E-state index is 0.0118. The third-order valence-electron chi connectivity index (χ3n) is 5.25. The van der Waals surface area contributed by atoms with Crippen molar-refractivity contribution in [1.82, 2.24) is 4.90 Å². The lowest BCUT2D eigenvalue weighted by molar-refractivity contribution is -0.139. The van der Waals surface area contributed by atoms with Crippen LogP contribution in [-0.2, 0) is 9.59 Å². The summed E-state index contributed by atoms with van der Waals surface area (Å²) in [5.41, 5.74) is 0.816. The molecule has 2 aromatic rings. The molecule has 7 nitrogen and oxygen atoms in total. The van der Waals surface area contributed by atoms with E-state index in [1.54, 1.807) is 42.5 Å². The number of carbonyl (C=O) groups excluding carboxylic acids is 2. The van der Waals surface area contributed by atoms with E-state index in [4.69, 9.17) is 26.2 Å². The molecule has 0 saturated carbocycles. The fourth-order valence-electron chi connectivity index (χ4n) is 3.81. The Morgan fingerprint density at radius 1 is 1.09 bits per heavy atom. The van der Waals surface area contributed by atoms with E-state index in [0.717, 1.165) is 0 Å². The van der Waals surface area contributed by atoms with Crippen LogP contribution in [0.2, 0.25) is 5.02 Å². The quantitative estimate of drug-likeness (QED) is 0.231. The minimum Gasteiger partial charge on any atom is -0.507 e. The van der Waals surface area contributed by atoms with Gasteiger partial charge in [-0.15, -0.1) is 0 Å². The van der Waals surface area contributed by atoms with Gasteiger partial charge in [-0.05, 0) is 49.2 Å². The normalized spacial score (nSPS) is 17.5. The second kappa shape index (κ2) is 11.2. The van der Waals surface area contributed by atoms with E-state index in [2.05, 4.69) is 0 Å². The molecule has 1 heterocycles. The van der Waals surface area contributed by atoms with Gasteiger partial charge in [0.15, 0.2) is 0 Å². The zero-order valence-corrected chi connectivity index (χ0v) is 19.5. The number of nitrogens with zero attached hydrogens (tertiary/aromatic N) is 1. The molecule has 1 aliphatic rings. The minimum atomic E-state index is -0.793. The number of ketones is 1. The summed E-state index contributed by atoms with van der Waals surface area (Å²) in [6.07, 6.45) is 1.12. The number of ether oxygens (including phenoxy) is 2. The molecule has 2 N–H and O–H groups in total. The first kappa shape index (κ1) is 24.6. The molecule has 1 atom stereocenters. The van der Waals surface area contributed by atoms with Crippen LogP contribution in [0.25, 0.3) is 5.76 Å². The molecule has 1 aliphatic heterocycles. The van der Waals surface area contributed by atoms with Crippen molar-refractivity contribution in [2.75, 3.05) is 26.4 Å². The van der Waals surface area contributed by atoms with Gasteiger partial charge in [-0.3, -0.25) is 9.59 Å². The van der Waals surface area contributed by atoms with E-state index < -0.39 is 17.7 Å². The molecular formula is C25H28ClNO6. The van der Waals surface area contributed by atoms with E-state index in [0.29, 0.717) is 49.7 Å². The van der Waals surface area contributed by atoms with Crippen LogP contribution in [0.15, 0.2) is 48.0 Å². The van der Waals surface area contributed by atoms with Gasteiger partial charge in [0.25, 0.3) is 11.7 Å². The Balaban J connectivity index is 2.13. The summed E-state index contributed by atoms with van der Waals surface area (Å²) >= 11 is 6.34. The Kier molecular flexibility index (Phi) is 8.36. The van der Waals surface area contributed by atoms with Gasteiger partial charge in [-0.1, -0.05) is 30.7 Å². The monoisotopic (exact) mass is 473 g/mol. The number of hydrogen-bond donors (Lipinski definition) is 2. The highest BCUT2D eigenvalue weighted by Gasteiger charge is 2.46. The highest BCUT2D eigenvalue weighted by molar-refractivity contribution is 6.47. The van der Waals surface area contributed by atoms with Crippen molar-refractivity contribution in [3.63, 3.8) is 0 Å². The van der Waals surface area contributed by atoms with Crippen molar-refractivity contribution >= 4 is 29.1 Å². The molecule has 1 unspecified atom stereocenters. The Morgan fingerprint density at radius 3 is 2.55 bits per heavy atom. The molecule has 1 saturated heterocycles. The number of Topliss-reactive ketones (excluding diaryl/α,β-unsaturated/α-hetero) is 1. The summed E-state index contributed by atoms with van der Waals surface area (Å²) in [4.78, 5) is 27.4. The standard InChI is InChI=1S/C25H28ClNO6/c1-3-11-27-22(16-7-5-8-17(14-16)33-13-6-12-28)21(24(30)25(27)31)23(29)19-15-18(32-4-2)9-10-20(19)26/h5,7-10,14-15,22,28-29H,3-4,6,11-13H2,1-2H3/b23-21+. The van der Waals surface area contributed by atoms with Gasteiger partial charge >= 0.3 is 0 Å².